The van der Waals surface area contributed by atoms with Crippen molar-refractivity contribution in [3.8, 4) is 0 Å². The summed E-state index contributed by atoms with van der Waals surface area (Å²) in [6, 6.07) is 12.4. The van der Waals surface area contributed by atoms with Gasteiger partial charge in [0.2, 0.25) is 11.9 Å². The maximum absolute atomic E-state index is 12.6. The van der Waals surface area contributed by atoms with E-state index < -0.39 is 11.7 Å². The number of nitrogens with zero attached hydrogens (tertiary/aromatic N) is 3. The van der Waals surface area contributed by atoms with E-state index in [0.29, 0.717) is 17.5 Å². The van der Waals surface area contributed by atoms with E-state index in [1.807, 2.05) is 31.2 Å². The molecule has 134 valence electrons. The van der Waals surface area contributed by atoms with Crippen LogP contribution >= 0.6 is 0 Å². The molecule has 0 unspecified atom stereocenters. The van der Waals surface area contributed by atoms with Crippen LogP contribution in [0.5, 0.6) is 0 Å². The SMILES string of the molecule is Cc1cccc(Nc2nc(C)nc(Nc3ccc(C(F)(F)F)cc3)n2)c1. The molecule has 2 N–H and O–H groups in total. The number of aromatic nitrogens is 3. The molecule has 0 aliphatic carbocycles. The van der Waals surface area contributed by atoms with Gasteiger partial charge in [0.1, 0.15) is 5.82 Å². The lowest BCUT2D eigenvalue weighted by Gasteiger charge is -2.10. The first kappa shape index (κ1) is 17.7. The van der Waals surface area contributed by atoms with Gasteiger partial charge in [-0.1, -0.05) is 12.1 Å². The molecular weight excluding hydrogens is 343 g/mol. The largest absolute Gasteiger partial charge is 0.416 e. The lowest BCUT2D eigenvalue weighted by atomic mass is 10.2. The quantitative estimate of drug-likeness (QED) is 0.687. The van der Waals surface area contributed by atoms with Gasteiger partial charge in [-0.2, -0.15) is 28.1 Å². The molecule has 0 saturated heterocycles. The van der Waals surface area contributed by atoms with Crippen LogP contribution in [-0.4, -0.2) is 15.0 Å². The molecule has 8 heteroatoms. The van der Waals surface area contributed by atoms with Crippen LogP contribution in [0.3, 0.4) is 0 Å². The Bertz CT molecular complexity index is 907. The summed E-state index contributed by atoms with van der Waals surface area (Å²) >= 11 is 0. The Balaban J connectivity index is 1.79. The van der Waals surface area contributed by atoms with Gasteiger partial charge in [-0.3, -0.25) is 0 Å². The minimum Gasteiger partial charge on any atom is -0.324 e. The smallest absolute Gasteiger partial charge is 0.324 e. The molecular formula is C18H16F3N5. The summed E-state index contributed by atoms with van der Waals surface area (Å²) in [6.07, 6.45) is -4.37. The number of aryl methyl sites for hydroxylation is 2. The van der Waals surface area contributed by atoms with Crippen molar-refractivity contribution in [3.05, 3.63) is 65.5 Å². The summed E-state index contributed by atoms with van der Waals surface area (Å²) in [4.78, 5) is 12.6. The molecule has 0 atom stereocenters. The van der Waals surface area contributed by atoms with Crippen molar-refractivity contribution in [3.63, 3.8) is 0 Å². The normalized spacial score (nSPS) is 11.3. The van der Waals surface area contributed by atoms with E-state index in [4.69, 9.17) is 0 Å². The van der Waals surface area contributed by atoms with E-state index in [9.17, 15) is 13.2 Å². The fraction of sp³-hybridized carbons (Fsp3) is 0.167. The second-order valence-corrected chi connectivity index (χ2v) is 5.72. The Hall–Kier alpha value is -3.16. The molecule has 0 saturated carbocycles. The summed E-state index contributed by atoms with van der Waals surface area (Å²) in [5, 5.41) is 5.98. The number of alkyl halides is 3. The van der Waals surface area contributed by atoms with E-state index in [-0.39, 0.29) is 5.95 Å². The van der Waals surface area contributed by atoms with Crippen molar-refractivity contribution >= 4 is 23.3 Å². The summed E-state index contributed by atoms with van der Waals surface area (Å²) in [5.41, 5.74) is 1.65. The first-order chi connectivity index (χ1) is 12.3. The number of nitrogens with one attached hydrogen (secondary N) is 2. The van der Waals surface area contributed by atoms with Crippen molar-refractivity contribution < 1.29 is 13.2 Å². The van der Waals surface area contributed by atoms with Gasteiger partial charge >= 0.3 is 6.18 Å². The van der Waals surface area contributed by atoms with Crippen LogP contribution in [-0.2, 0) is 6.18 Å². The Morgan fingerprint density at radius 2 is 1.38 bits per heavy atom. The van der Waals surface area contributed by atoms with Crippen LogP contribution < -0.4 is 10.6 Å². The van der Waals surface area contributed by atoms with E-state index in [2.05, 4.69) is 25.6 Å². The van der Waals surface area contributed by atoms with Gasteiger partial charge in [0.05, 0.1) is 5.56 Å². The van der Waals surface area contributed by atoms with Gasteiger partial charge in [-0.05, 0) is 55.8 Å². The van der Waals surface area contributed by atoms with Crippen LogP contribution in [0.25, 0.3) is 0 Å². The third-order valence-corrected chi connectivity index (χ3v) is 3.49. The molecule has 0 bridgehead atoms. The van der Waals surface area contributed by atoms with Crippen molar-refractivity contribution in [1.29, 1.82) is 0 Å². The van der Waals surface area contributed by atoms with Crippen LogP contribution in [0.1, 0.15) is 17.0 Å². The van der Waals surface area contributed by atoms with Gasteiger partial charge in [-0.15, -0.1) is 0 Å². The summed E-state index contributed by atoms with van der Waals surface area (Å²) in [6.45, 7) is 3.68. The highest BCUT2D eigenvalue weighted by Gasteiger charge is 2.29. The molecule has 0 fully saturated rings. The molecule has 1 heterocycles. The monoisotopic (exact) mass is 359 g/mol. The first-order valence-electron chi connectivity index (χ1n) is 7.80. The number of hydrogen-bond acceptors (Lipinski definition) is 5. The third kappa shape index (κ3) is 4.47. The van der Waals surface area contributed by atoms with Gasteiger partial charge in [0.25, 0.3) is 0 Å². The van der Waals surface area contributed by atoms with E-state index in [0.717, 1.165) is 23.4 Å². The molecule has 3 aromatic rings. The first-order valence-corrected chi connectivity index (χ1v) is 7.80. The fourth-order valence-electron chi connectivity index (χ4n) is 2.32. The molecule has 0 amide bonds. The maximum atomic E-state index is 12.6. The zero-order valence-electron chi connectivity index (χ0n) is 14.1. The van der Waals surface area contributed by atoms with Crippen LogP contribution in [0, 0.1) is 13.8 Å². The van der Waals surface area contributed by atoms with Gasteiger partial charge < -0.3 is 10.6 Å². The topological polar surface area (TPSA) is 62.7 Å². The van der Waals surface area contributed by atoms with Gasteiger partial charge in [0.15, 0.2) is 0 Å². The van der Waals surface area contributed by atoms with Crippen molar-refractivity contribution in [2.24, 2.45) is 0 Å². The van der Waals surface area contributed by atoms with E-state index in [1.54, 1.807) is 6.92 Å². The predicted octanol–water partition coefficient (Wildman–Crippen LogP) is 4.99. The molecule has 1 aromatic heterocycles. The van der Waals surface area contributed by atoms with Crippen molar-refractivity contribution in [2.75, 3.05) is 10.6 Å². The van der Waals surface area contributed by atoms with Gasteiger partial charge in [0, 0.05) is 11.4 Å². The fourth-order valence-corrected chi connectivity index (χ4v) is 2.32. The summed E-state index contributed by atoms with van der Waals surface area (Å²) in [7, 11) is 0. The van der Waals surface area contributed by atoms with Crippen LogP contribution in [0.15, 0.2) is 48.5 Å². The molecule has 5 nitrogen and oxygen atoms in total. The Labute approximate surface area is 148 Å². The third-order valence-electron chi connectivity index (χ3n) is 3.49. The summed E-state index contributed by atoms with van der Waals surface area (Å²) in [5.74, 6) is 1.06. The predicted molar refractivity (Wildman–Crippen MR) is 93.8 cm³/mol. The number of halogens is 3. The highest BCUT2D eigenvalue weighted by molar-refractivity contribution is 5.58. The second kappa shape index (κ2) is 6.99. The number of anilines is 4. The number of rotatable bonds is 4. The minimum atomic E-state index is -4.37. The number of benzene rings is 2. The lowest BCUT2D eigenvalue weighted by Crippen LogP contribution is -2.06. The molecule has 0 radical (unpaired) electrons. The molecule has 2 aromatic carbocycles. The average molecular weight is 359 g/mol. The molecule has 0 aliphatic rings. The Kier molecular flexibility index (Phi) is 4.75. The zero-order valence-corrected chi connectivity index (χ0v) is 14.1. The molecule has 0 aliphatic heterocycles. The Morgan fingerprint density at radius 1 is 0.769 bits per heavy atom. The van der Waals surface area contributed by atoms with Crippen LogP contribution in [0.2, 0.25) is 0 Å². The zero-order chi connectivity index (χ0) is 18.7. The van der Waals surface area contributed by atoms with Crippen molar-refractivity contribution in [2.45, 2.75) is 20.0 Å². The average Bonchev–Trinajstić information content (AvgIpc) is 2.54. The van der Waals surface area contributed by atoms with Crippen LogP contribution in [0.4, 0.5) is 36.4 Å². The minimum absolute atomic E-state index is 0.243. The second-order valence-electron chi connectivity index (χ2n) is 5.72. The lowest BCUT2D eigenvalue weighted by molar-refractivity contribution is -0.137. The maximum Gasteiger partial charge on any atom is 0.416 e. The molecule has 26 heavy (non-hydrogen) atoms. The highest BCUT2D eigenvalue weighted by atomic mass is 19.4. The molecule has 0 spiro atoms. The summed E-state index contributed by atoms with van der Waals surface area (Å²) < 4.78 is 37.9. The standard InChI is InChI=1S/C18H16F3N5/c1-11-4-3-5-15(10-11)25-17-23-12(2)22-16(26-17)24-14-8-6-13(7-9-14)18(19,20)21/h3-10H,1-2H3,(H2,22,23,24,25,26). The van der Waals surface area contributed by atoms with E-state index >= 15 is 0 Å². The Morgan fingerprint density at radius 3 is 1.96 bits per heavy atom. The molecule has 3 rings (SSSR count). The van der Waals surface area contributed by atoms with Gasteiger partial charge in [-0.25, -0.2) is 0 Å². The number of hydrogen-bond donors (Lipinski definition) is 2. The highest BCUT2D eigenvalue weighted by Crippen LogP contribution is 2.30. The van der Waals surface area contributed by atoms with Crippen molar-refractivity contribution in [1.82, 2.24) is 15.0 Å². The van der Waals surface area contributed by atoms with E-state index in [1.165, 1.54) is 12.1 Å².